The van der Waals surface area contributed by atoms with Gasteiger partial charge in [0.05, 0.1) is 23.7 Å². The van der Waals surface area contributed by atoms with Crippen LogP contribution in [-0.4, -0.2) is 38.8 Å². The molecule has 5 aromatic rings. The number of nitrogens with zero attached hydrogens (tertiary/aromatic N) is 5. The van der Waals surface area contributed by atoms with Gasteiger partial charge >= 0.3 is 6.01 Å². The van der Waals surface area contributed by atoms with Crippen LogP contribution in [0.15, 0.2) is 78.9 Å². The number of anilines is 1. The molecule has 0 saturated carbocycles. The first-order chi connectivity index (χ1) is 17.1. The van der Waals surface area contributed by atoms with Crippen molar-refractivity contribution in [2.24, 2.45) is 0 Å². The molecular weight excluding hydrogens is 481 g/mol. The van der Waals surface area contributed by atoms with E-state index in [1.807, 2.05) is 73.7 Å². The Labute approximate surface area is 212 Å². The van der Waals surface area contributed by atoms with E-state index in [0.29, 0.717) is 33.2 Å². The summed E-state index contributed by atoms with van der Waals surface area (Å²) in [5, 5.41) is 6.17. The van der Waals surface area contributed by atoms with Crippen molar-refractivity contribution in [3.05, 3.63) is 94.7 Å². The molecule has 0 amide bonds. The highest BCUT2D eigenvalue weighted by Crippen LogP contribution is 2.39. The van der Waals surface area contributed by atoms with Crippen molar-refractivity contribution in [3.8, 4) is 28.4 Å². The molecule has 3 aromatic carbocycles. The second-order valence-electron chi connectivity index (χ2n) is 8.48. The number of hydrogen-bond donors (Lipinski definition) is 0. The van der Waals surface area contributed by atoms with Crippen LogP contribution in [0.5, 0.6) is 6.01 Å². The summed E-state index contributed by atoms with van der Waals surface area (Å²) < 4.78 is 8.02. The van der Waals surface area contributed by atoms with Gasteiger partial charge in [-0.15, -0.1) is 0 Å². The first-order valence-corrected chi connectivity index (χ1v) is 12.1. The lowest BCUT2D eigenvalue weighted by Crippen LogP contribution is -2.54. The third-order valence-corrected chi connectivity index (χ3v) is 6.65. The van der Waals surface area contributed by atoms with Crippen molar-refractivity contribution < 1.29 is 4.74 Å². The number of aryl methyl sites for hydroxylation is 1. The zero-order chi connectivity index (χ0) is 23.9. The number of halogens is 2. The van der Waals surface area contributed by atoms with Gasteiger partial charge in [-0.05, 0) is 42.8 Å². The highest BCUT2D eigenvalue weighted by Gasteiger charge is 2.31. The highest BCUT2D eigenvalue weighted by atomic mass is 35.5. The van der Waals surface area contributed by atoms with Gasteiger partial charge in [0, 0.05) is 16.3 Å². The van der Waals surface area contributed by atoms with Crippen LogP contribution in [0.1, 0.15) is 5.82 Å². The van der Waals surface area contributed by atoms with Crippen LogP contribution in [0.25, 0.3) is 28.0 Å². The topological polar surface area (TPSA) is 55.5 Å². The number of benzene rings is 3. The zero-order valence-electron chi connectivity index (χ0n) is 18.9. The van der Waals surface area contributed by atoms with E-state index < -0.39 is 0 Å². The smallest absolute Gasteiger partial charge is 0.321 e. The molecular formula is C27H21Cl2N5O. The molecule has 0 unspecified atom stereocenters. The summed E-state index contributed by atoms with van der Waals surface area (Å²) in [7, 11) is 0. The molecule has 0 atom stereocenters. The highest BCUT2D eigenvalue weighted by molar-refractivity contribution is 6.33. The Morgan fingerprint density at radius 3 is 2.31 bits per heavy atom. The number of hydrogen-bond acceptors (Lipinski definition) is 5. The van der Waals surface area contributed by atoms with Crippen molar-refractivity contribution in [1.82, 2.24) is 19.6 Å². The average molecular weight is 502 g/mol. The van der Waals surface area contributed by atoms with Gasteiger partial charge in [-0.1, -0.05) is 71.7 Å². The molecule has 0 bridgehead atoms. The fourth-order valence-corrected chi connectivity index (χ4v) is 4.67. The number of fused-ring (bicyclic) bond motifs is 1. The molecule has 1 saturated heterocycles. The molecule has 0 radical (unpaired) electrons. The Bertz CT molecular complexity index is 1510. The minimum Gasteiger partial charge on any atom is -0.456 e. The lowest BCUT2D eigenvalue weighted by Gasteiger charge is -2.40. The second kappa shape index (κ2) is 8.87. The minimum absolute atomic E-state index is 0.000323. The van der Waals surface area contributed by atoms with Gasteiger partial charge in [-0.2, -0.15) is 14.6 Å². The van der Waals surface area contributed by atoms with Crippen LogP contribution in [0.3, 0.4) is 0 Å². The summed E-state index contributed by atoms with van der Waals surface area (Å²) in [6.45, 7) is 3.41. The molecule has 6 rings (SSSR count). The lowest BCUT2D eigenvalue weighted by molar-refractivity contribution is 0.148. The Hall–Kier alpha value is -3.61. The van der Waals surface area contributed by atoms with E-state index in [0.717, 1.165) is 29.8 Å². The molecule has 6 nitrogen and oxygen atoms in total. The summed E-state index contributed by atoms with van der Waals surface area (Å²) >= 11 is 12.8. The normalized spacial score (nSPS) is 13.7. The summed E-state index contributed by atoms with van der Waals surface area (Å²) in [6, 6.07) is 26.0. The first kappa shape index (κ1) is 21.9. The van der Waals surface area contributed by atoms with E-state index in [2.05, 4.69) is 22.0 Å². The molecule has 2 aromatic heterocycles. The first-order valence-electron chi connectivity index (χ1n) is 11.3. The SMILES string of the molecule is Cc1nc(OC2CN(c3ccccc3)C2)n2nc(-c3ccccc3Cl)c(-c3ccc(Cl)cc3)c2n1. The van der Waals surface area contributed by atoms with Crippen LogP contribution in [0.2, 0.25) is 10.0 Å². The predicted molar refractivity (Wildman–Crippen MR) is 139 cm³/mol. The van der Waals surface area contributed by atoms with Crippen molar-refractivity contribution in [2.75, 3.05) is 18.0 Å². The number of aromatic nitrogens is 4. The summed E-state index contributed by atoms with van der Waals surface area (Å²) in [5.41, 5.74) is 5.15. The van der Waals surface area contributed by atoms with Crippen molar-refractivity contribution in [1.29, 1.82) is 0 Å². The number of rotatable bonds is 5. The van der Waals surface area contributed by atoms with Crippen LogP contribution < -0.4 is 9.64 Å². The largest absolute Gasteiger partial charge is 0.456 e. The van der Waals surface area contributed by atoms with E-state index in [9.17, 15) is 0 Å². The van der Waals surface area contributed by atoms with Crippen LogP contribution in [0, 0.1) is 6.92 Å². The standard InChI is InChI=1S/C27H21Cl2N5O/c1-17-30-26-24(18-11-13-19(28)14-12-18)25(22-9-5-6-10-23(22)29)32-34(26)27(31-17)35-21-15-33(16-21)20-7-3-2-4-8-20/h2-14,21H,15-16H2,1H3. The Kier molecular flexibility index (Phi) is 5.55. The molecule has 1 fully saturated rings. The van der Waals surface area contributed by atoms with Gasteiger partial charge in [-0.25, -0.2) is 4.98 Å². The van der Waals surface area contributed by atoms with Crippen molar-refractivity contribution in [3.63, 3.8) is 0 Å². The van der Waals surface area contributed by atoms with Gasteiger partial charge in [0.1, 0.15) is 17.6 Å². The lowest BCUT2D eigenvalue weighted by atomic mass is 10.0. The number of ether oxygens (including phenoxy) is 1. The maximum Gasteiger partial charge on any atom is 0.321 e. The van der Waals surface area contributed by atoms with E-state index in [4.69, 9.17) is 38.0 Å². The molecule has 1 aliphatic heterocycles. The zero-order valence-corrected chi connectivity index (χ0v) is 20.4. The summed E-state index contributed by atoms with van der Waals surface area (Å²) in [4.78, 5) is 11.6. The van der Waals surface area contributed by atoms with Gasteiger partial charge in [-0.3, -0.25) is 0 Å². The third-order valence-electron chi connectivity index (χ3n) is 6.07. The molecule has 174 valence electrons. The maximum atomic E-state index is 6.59. The van der Waals surface area contributed by atoms with Crippen molar-refractivity contribution in [2.45, 2.75) is 13.0 Å². The molecule has 0 N–H and O–H groups in total. The van der Waals surface area contributed by atoms with E-state index in [-0.39, 0.29) is 6.10 Å². The monoisotopic (exact) mass is 501 g/mol. The quantitative estimate of drug-likeness (QED) is 0.281. The van der Waals surface area contributed by atoms with Gasteiger partial charge < -0.3 is 9.64 Å². The predicted octanol–water partition coefficient (Wildman–Crippen LogP) is 6.34. The fraction of sp³-hybridized carbons (Fsp3) is 0.148. The average Bonchev–Trinajstić information content (AvgIpc) is 3.21. The van der Waals surface area contributed by atoms with Crippen LogP contribution >= 0.6 is 23.2 Å². The maximum absolute atomic E-state index is 6.59. The van der Waals surface area contributed by atoms with Crippen LogP contribution in [-0.2, 0) is 0 Å². The second-order valence-corrected chi connectivity index (χ2v) is 9.32. The van der Waals surface area contributed by atoms with E-state index in [1.165, 1.54) is 5.69 Å². The molecule has 8 heteroatoms. The van der Waals surface area contributed by atoms with E-state index in [1.54, 1.807) is 4.52 Å². The molecule has 0 aliphatic carbocycles. The molecule has 35 heavy (non-hydrogen) atoms. The fourth-order valence-electron chi connectivity index (χ4n) is 4.32. The Morgan fingerprint density at radius 1 is 0.857 bits per heavy atom. The van der Waals surface area contributed by atoms with E-state index >= 15 is 0 Å². The van der Waals surface area contributed by atoms with Crippen LogP contribution in [0.4, 0.5) is 5.69 Å². The van der Waals surface area contributed by atoms with Gasteiger partial charge in [0.25, 0.3) is 0 Å². The Morgan fingerprint density at radius 2 is 1.57 bits per heavy atom. The molecule has 1 aliphatic rings. The Balaban J connectivity index is 1.43. The minimum atomic E-state index is -0.000323. The van der Waals surface area contributed by atoms with Gasteiger partial charge in [0.15, 0.2) is 5.65 Å². The number of para-hydroxylation sites is 1. The summed E-state index contributed by atoms with van der Waals surface area (Å²) in [5.74, 6) is 0.604. The molecule has 0 spiro atoms. The molecule has 3 heterocycles. The third kappa shape index (κ3) is 4.09. The van der Waals surface area contributed by atoms with Crippen molar-refractivity contribution >= 4 is 34.5 Å². The summed E-state index contributed by atoms with van der Waals surface area (Å²) in [6.07, 6.45) is -0.000323. The van der Waals surface area contributed by atoms with Gasteiger partial charge in [0.2, 0.25) is 0 Å².